The van der Waals surface area contributed by atoms with Gasteiger partial charge in [-0.05, 0) is 41.3 Å². The largest absolute Gasteiger partial charge is 0.375 e. The Balaban J connectivity index is 1.32. The van der Waals surface area contributed by atoms with Crippen LogP contribution in [0, 0.1) is 5.82 Å². The summed E-state index contributed by atoms with van der Waals surface area (Å²) in [6.07, 6.45) is 4.63. The van der Waals surface area contributed by atoms with Crippen molar-refractivity contribution in [3.05, 3.63) is 89.5 Å². The maximum absolute atomic E-state index is 13.4. The van der Waals surface area contributed by atoms with Crippen molar-refractivity contribution < 1.29 is 9.13 Å². The van der Waals surface area contributed by atoms with Gasteiger partial charge in [0.1, 0.15) is 5.82 Å². The molecule has 1 fully saturated rings. The molecule has 0 N–H and O–H groups in total. The van der Waals surface area contributed by atoms with Gasteiger partial charge in [-0.1, -0.05) is 36.4 Å². The summed E-state index contributed by atoms with van der Waals surface area (Å²) in [5.74, 6) is -0.185. The minimum atomic E-state index is -0.185. The number of hydrogen-bond donors (Lipinski definition) is 0. The second-order valence-electron chi connectivity index (χ2n) is 7.08. The number of benzene rings is 2. The molecule has 0 spiro atoms. The third-order valence-electron chi connectivity index (χ3n) is 4.91. The molecule has 0 bridgehead atoms. The number of rotatable bonds is 6. The zero-order chi connectivity index (χ0) is 18.5. The molecule has 0 saturated carbocycles. The molecule has 0 amide bonds. The van der Waals surface area contributed by atoms with Crippen molar-refractivity contribution >= 4 is 0 Å². The Morgan fingerprint density at radius 1 is 1.00 bits per heavy atom. The van der Waals surface area contributed by atoms with Gasteiger partial charge in [0, 0.05) is 32.0 Å². The van der Waals surface area contributed by atoms with E-state index in [1.165, 1.54) is 17.2 Å². The molecular formula is C22H24FN3O. The number of halogens is 1. The fraction of sp³-hybridized carbons (Fsp3) is 0.318. The van der Waals surface area contributed by atoms with Crippen LogP contribution in [0.25, 0.3) is 0 Å². The van der Waals surface area contributed by atoms with Gasteiger partial charge in [-0.15, -0.1) is 0 Å². The molecule has 3 aromatic rings. The van der Waals surface area contributed by atoms with Crippen LogP contribution in [0.2, 0.25) is 0 Å². The first kappa shape index (κ1) is 17.9. The van der Waals surface area contributed by atoms with Gasteiger partial charge in [0.15, 0.2) is 0 Å². The third-order valence-corrected chi connectivity index (χ3v) is 4.91. The predicted molar refractivity (Wildman–Crippen MR) is 103 cm³/mol. The number of morpholine rings is 1. The van der Waals surface area contributed by atoms with Crippen molar-refractivity contribution in [3.63, 3.8) is 0 Å². The molecule has 4 rings (SSSR count). The van der Waals surface area contributed by atoms with Crippen LogP contribution < -0.4 is 0 Å². The van der Waals surface area contributed by atoms with E-state index < -0.39 is 0 Å². The summed E-state index contributed by atoms with van der Waals surface area (Å²) in [5.41, 5.74) is 3.53. The lowest BCUT2D eigenvalue weighted by molar-refractivity contribution is -0.0305. The quantitative estimate of drug-likeness (QED) is 0.670. The highest BCUT2D eigenvalue weighted by molar-refractivity contribution is 5.23. The van der Waals surface area contributed by atoms with Crippen molar-refractivity contribution in [2.45, 2.75) is 25.6 Å². The maximum atomic E-state index is 13.4. The summed E-state index contributed by atoms with van der Waals surface area (Å²) in [4.78, 5) is 2.41. The number of hydrogen-bond acceptors (Lipinski definition) is 3. The van der Waals surface area contributed by atoms with Crippen LogP contribution in [-0.4, -0.2) is 40.5 Å². The highest BCUT2D eigenvalue weighted by atomic mass is 19.1. The Hall–Kier alpha value is -2.50. The summed E-state index contributed by atoms with van der Waals surface area (Å²) in [6.45, 7) is 4.21. The molecule has 1 atom stereocenters. The number of nitrogens with zero attached hydrogens (tertiary/aromatic N) is 3. The Morgan fingerprint density at radius 3 is 2.56 bits per heavy atom. The van der Waals surface area contributed by atoms with E-state index in [1.54, 1.807) is 18.3 Å². The van der Waals surface area contributed by atoms with Gasteiger partial charge >= 0.3 is 0 Å². The zero-order valence-electron chi connectivity index (χ0n) is 15.3. The van der Waals surface area contributed by atoms with E-state index in [1.807, 2.05) is 23.0 Å². The Labute approximate surface area is 159 Å². The summed E-state index contributed by atoms with van der Waals surface area (Å²) in [5, 5.41) is 4.25. The Morgan fingerprint density at radius 2 is 1.81 bits per heavy atom. The number of ether oxygens (including phenoxy) is 1. The van der Waals surface area contributed by atoms with Crippen molar-refractivity contribution in [2.24, 2.45) is 0 Å². The molecule has 2 heterocycles. The van der Waals surface area contributed by atoms with E-state index in [0.29, 0.717) is 0 Å². The molecule has 27 heavy (non-hydrogen) atoms. The van der Waals surface area contributed by atoms with Crippen molar-refractivity contribution in [3.8, 4) is 0 Å². The second kappa shape index (κ2) is 8.46. The van der Waals surface area contributed by atoms with Gasteiger partial charge in [-0.25, -0.2) is 4.39 Å². The van der Waals surface area contributed by atoms with Gasteiger partial charge < -0.3 is 4.74 Å². The predicted octanol–water partition coefficient (Wildman–Crippen LogP) is 3.51. The third kappa shape index (κ3) is 5.02. The van der Waals surface area contributed by atoms with Crippen molar-refractivity contribution in [1.82, 2.24) is 14.7 Å². The Bertz CT molecular complexity index is 848. The van der Waals surface area contributed by atoms with Crippen LogP contribution in [0.4, 0.5) is 4.39 Å². The van der Waals surface area contributed by atoms with E-state index >= 15 is 0 Å². The lowest BCUT2D eigenvalue weighted by atomic mass is 10.1. The van der Waals surface area contributed by atoms with Gasteiger partial charge in [0.05, 0.1) is 19.3 Å². The molecule has 1 aromatic heterocycles. The van der Waals surface area contributed by atoms with E-state index in [2.05, 4.69) is 34.3 Å². The van der Waals surface area contributed by atoms with Crippen molar-refractivity contribution in [2.75, 3.05) is 19.7 Å². The first-order valence-corrected chi connectivity index (χ1v) is 9.38. The standard InChI is InChI=1S/C22H24FN3O/c23-21-4-1-3-20(13-21)14-22-17-25(11-12-27-22)15-18-5-7-19(8-6-18)16-26-10-2-9-24-26/h1-10,13,22H,11-12,14-17H2/t22-/m1/s1. The summed E-state index contributed by atoms with van der Waals surface area (Å²) in [6, 6.07) is 17.5. The lowest BCUT2D eigenvalue weighted by Crippen LogP contribution is -2.42. The molecule has 5 heteroatoms. The molecule has 1 aliphatic rings. The summed E-state index contributed by atoms with van der Waals surface area (Å²) < 4.78 is 21.2. The summed E-state index contributed by atoms with van der Waals surface area (Å²) in [7, 11) is 0. The minimum absolute atomic E-state index is 0.111. The second-order valence-corrected chi connectivity index (χ2v) is 7.08. The van der Waals surface area contributed by atoms with Crippen LogP contribution in [0.15, 0.2) is 67.0 Å². The van der Waals surface area contributed by atoms with Gasteiger partial charge in [-0.2, -0.15) is 5.10 Å². The maximum Gasteiger partial charge on any atom is 0.123 e. The number of aromatic nitrogens is 2. The topological polar surface area (TPSA) is 30.3 Å². The molecule has 4 nitrogen and oxygen atoms in total. The van der Waals surface area contributed by atoms with E-state index in [4.69, 9.17) is 4.74 Å². The van der Waals surface area contributed by atoms with Crippen LogP contribution in [0.3, 0.4) is 0 Å². The molecule has 1 saturated heterocycles. The van der Waals surface area contributed by atoms with Gasteiger partial charge in [0.25, 0.3) is 0 Å². The first-order chi connectivity index (χ1) is 13.2. The molecule has 0 unspecified atom stereocenters. The fourth-order valence-electron chi connectivity index (χ4n) is 3.56. The monoisotopic (exact) mass is 365 g/mol. The molecule has 0 aliphatic carbocycles. The van der Waals surface area contributed by atoms with Crippen LogP contribution in [0.5, 0.6) is 0 Å². The first-order valence-electron chi connectivity index (χ1n) is 9.38. The molecule has 1 aliphatic heterocycles. The average Bonchev–Trinajstić information content (AvgIpc) is 3.17. The molecule has 0 radical (unpaired) electrons. The normalized spacial score (nSPS) is 17.9. The molecule has 140 valence electrons. The van der Waals surface area contributed by atoms with Crippen molar-refractivity contribution in [1.29, 1.82) is 0 Å². The van der Waals surface area contributed by atoms with Gasteiger partial charge in [0.2, 0.25) is 0 Å². The average molecular weight is 365 g/mol. The van der Waals surface area contributed by atoms with Crippen LogP contribution in [0.1, 0.15) is 16.7 Å². The zero-order valence-corrected chi connectivity index (χ0v) is 15.3. The van der Waals surface area contributed by atoms with Gasteiger partial charge in [-0.3, -0.25) is 9.58 Å². The van der Waals surface area contributed by atoms with E-state index in [0.717, 1.165) is 44.8 Å². The fourth-order valence-corrected chi connectivity index (χ4v) is 3.56. The minimum Gasteiger partial charge on any atom is -0.375 e. The molecule has 2 aromatic carbocycles. The van der Waals surface area contributed by atoms with Crippen LogP contribution >= 0.6 is 0 Å². The SMILES string of the molecule is Fc1cccc(C[C@@H]2CN(Cc3ccc(Cn4cccn4)cc3)CCO2)c1. The highest BCUT2D eigenvalue weighted by Crippen LogP contribution is 2.16. The van der Waals surface area contributed by atoms with Crippen LogP contribution in [-0.2, 0) is 24.2 Å². The molecular weight excluding hydrogens is 341 g/mol. The summed E-state index contributed by atoms with van der Waals surface area (Å²) >= 11 is 0. The lowest BCUT2D eigenvalue weighted by Gasteiger charge is -2.33. The highest BCUT2D eigenvalue weighted by Gasteiger charge is 2.21. The Kier molecular flexibility index (Phi) is 5.61. The van der Waals surface area contributed by atoms with E-state index in [-0.39, 0.29) is 11.9 Å². The van der Waals surface area contributed by atoms with E-state index in [9.17, 15) is 4.39 Å². The smallest absolute Gasteiger partial charge is 0.123 e.